The maximum atomic E-state index is 12.5. The Morgan fingerprint density at radius 3 is 2.21 bits per heavy atom. The maximum Gasteiger partial charge on any atom is 0.416 e. The van der Waals surface area contributed by atoms with E-state index in [0.29, 0.717) is 12.0 Å². The van der Waals surface area contributed by atoms with E-state index in [2.05, 4.69) is 0 Å². The van der Waals surface area contributed by atoms with Crippen LogP contribution in [0.3, 0.4) is 0 Å². The van der Waals surface area contributed by atoms with Crippen molar-refractivity contribution in [3.05, 3.63) is 22.8 Å². The van der Waals surface area contributed by atoms with Crippen molar-refractivity contribution in [1.29, 1.82) is 0 Å². The van der Waals surface area contributed by atoms with Gasteiger partial charge in [-0.3, -0.25) is 0 Å². The van der Waals surface area contributed by atoms with Crippen LogP contribution >= 0.6 is 0 Å². The quantitative estimate of drug-likeness (QED) is 0.599. The van der Waals surface area contributed by atoms with Gasteiger partial charge in [0.1, 0.15) is 0 Å². The van der Waals surface area contributed by atoms with Crippen LogP contribution in [0.15, 0.2) is 22.8 Å². The van der Waals surface area contributed by atoms with Gasteiger partial charge in [-0.1, -0.05) is 31.1 Å². The minimum atomic E-state index is -4.19. The molecule has 0 radical (unpaired) electrons. The van der Waals surface area contributed by atoms with Crippen molar-refractivity contribution in [1.82, 2.24) is 0 Å². The zero-order valence-electron chi connectivity index (χ0n) is 8.70. The lowest BCUT2D eigenvalue weighted by atomic mass is 9.87. The Hall–Kier alpha value is -0.730. The normalized spacial score (nSPS) is 18.9. The third kappa shape index (κ3) is 2.40. The molecule has 0 amide bonds. The second-order valence-corrected chi connectivity index (χ2v) is 4.07. The summed E-state index contributed by atoms with van der Waals surface area (Å²) in [6.45, 7) is 5.43. The first-order chi connectivity index (χ1) is 6.32. The highest BCUT2D eigenvalue weighted by Crippen LogP contribution is 2.37. The fourth-order valence-electron chi connectivity index (χ4n) is 1.63. The van der Waals surface area contributed by atoms with E-state index in [4.69, 9.17) is 0 Å². The highest BCUT2D eigenvalue weighted by atomic mass is 19.4. The number of allylic oxidation sites excluding steroid dienone is 4. The first-order valence-electron chi connectivity index (χ1n) is 4.79. The predicted molar refractivity (Wildman–Crippen MR) is 50.9 cm³/mol. The molecule has 0 spiro atoms. The average Bonchev–Trinajstić information content (AvgIpc) is 2.02. The van der Waals surface area contributed by atoms with Gasteiger partial charge < -0.3 is 0 Å². The van der Waals surface area contributed by atoms with Gasteiger partial charge in [-0.25, -0.2) is 0 Å². The second-order valence-electron chi connectivity index (χ2n) is 4.07. The van der Waals surface area contributed by atoms with Crippen LogP contribution in [0.1, 0.15) is 33.6 Å². The molecular formula is C11H15F3. The van der Waals surface area contributed by atoms with Crippen LogP contribution in [0.4, 0.5) is 13.2 Å². The Balaban J connectivity index is 3.03. The molecule has 1 aliphatic rings. The first kappa shape index (κ1) is 11.3. The summed E-state index contributed by atoms with van der Waals surface area (Å²) >= 11 is 0. The van der Waals surface area contributed by atoms with Crippen molar-refractivity contribution in [2.75, 3.05) is 0 Å². The fraction of sp³-hybridized carbons (Fsp3) is 0.636. The molecule has 0 unspecified atom stereocenters. The van der Waals surface area contributed by atoms with Crippen LogP contribution in [-0.2, 0) is 0 Å². The molecule has 0 heterocycles. The SMILES string of the molecule is CC1=C(C(F)(F)F)C=C(C(C)C)CC1. The molecule has 1 rings (SSSR count). The monoisotopic (exact) mass is 204 g/mol. The summed E-state index contributed by atoms with van der Waals surface area (Å²) in [5.74, 6) is 0.209. The third-order valence-electron chi connectivity index (χ3n) is 2.63. The van der Waals surface area contributed by atoms with Gasteiger partial charge in [0.05, 0.1) is 5.57 Å². The number of rotatable bonds is 1. The Labute approximate surface area is 82.5 Å². The lowest BCUT2D eigenvalue weighted by Gasteiger charge is -2.21. The molecule has 80 valence electrons. The second kappa shape index (κ2) is 3.79. The average molecular weight is 204 g/mol. The fourth-order valence-corrected chi connectivity index (χ4v) is 1.63. The van der Waals surface area contributed by atoms with Gasteiger partial charge in [-0.2, -0.15) is 13.2 Å². The Bertz CT molecular complexity index is 279. The van der Waals surface area contributed by atoms with Crippen LogP contribution in [0.2, 0.25) is 0 Å². The van der Waals surface area contributed by atoms with E-state index < -0.39 is 11.7 Å². The Kier molecular flexibility index (Phi) is 3.07. The molecule has 0 nitrogen and oxygen atoms in total. The van der Waals surface area contributed by atoms with Crippen LogP contribution < -0.4 is 0 Å². The van der Waals surface area contributed by atoms with E-state index in [0.717, 1.165) is 12.0 Å². The molecule has 0 saturated heterocycles. The van der Waals surface area contributed by atoms with Crippen molar-refractivity contribution < 1.29 is 13.2 Å². The maximum absolute atomic E-state index is 12.5. The molecule has 0 fully saturated rings. The van der Waals surface area contributed by atoms with Gasteiger partial charge in [0.25, 0.3) is 0 Å². The molecule has 0 saturated carbocycles. The van der Waals surface area contributed by atoms with E-state index in [1.807, 2.05) is 13.8 Å². The summed E-state index contributed by atoms with van der Waals surface area (Å²) in [4.78, 5) is 0. The lowest BCUT2D eigenvalue weighted by molar-refractivity contribution is -0.0894. The van der Waals surface area contributed by atoms with Crippen molar-refractivity contribution >= 4 is 0 Å². The smallest absolute Gasteiger partial charge is 0.166 e. The number of halogens is 3. The molecule has 0 N–H and O–H groups in total. The standard InChI is InChI=1S/C11H15F3/c1-7(2)9-5-4-8(3)10(6-9)11(12,13)14/h6-7H,4-5H2,1-3H3. The Morgan fingerprint density at radius 1 is 1.21 bits per heavy atom. The topological polar surface area (TPSA) is 0 Å². The highest BCUT2D eigenvalue weighted by molar-refractivity contribution is 5.36. The lowest BCUT2D eigenvalue weighted by Crippen LogP contribution is -2.16. The third-order valence-corrected chi connectivity index (χ3v) is 2.63. The van der Waals surface area contributed by atoms with E-state index in [1.165, 1.54) is 6.08 Å². The summed E-state index contributed by atoms with van der Waals surface area (Å²) in [7, 11) is 0. The van der Waals surface area contributed by atoms with E-state index in [1.54, 1.807) is 6.92 Å². The molecule has 3 heteroatoms. The van der Waals surface area contributed by atoms with Crippen molar-refractivity contribution in [2.24, 2.45) is 5.92 Å². The van der Waals surface area contributed by atoms with Gasteiger partial charge in [0.2, 0.25) is 0 Å². The zero-order chi connectivity index (χ0) is 10.9. The molecule has 0 bridgehead atoms. The van der Waals surface area contributed by atoms with Gasteiger partial charge in [-0.15, -0.1) is 0 Å². The molecule has 1 aliphatic carbocycles. The van der Waals surface area contributed by atoms with E-state index >= 15 is 0 Å². The van der Waals surface area contributed by atoms with E-state index in [-0.39, 0.29) is 5.92 Å². The van der Waals surface area contributed by atoms with Crippen molar-refractivity contribution in [3.8, 4) is 0 Å². The number of hydrogen-bond acceptors (Lipinski definition) is 0. The van der Waals surface area contributed by atoms with Crippen LogP contribution in [0.25, 0.3) is 0 Å². The van der Waals surface area contributed by atoms with Gasteiger partial charge in [0.15, 0.2) is 0 Å². The molecular weight excluding hydrogens is 189 g/mol. The molecule has 14 heavy (non-hydrogen) atoms. The predicted octanol–water partition coefficient (Wildman–Crippen LogP) is 4.24. The van der Waals surface area contributed by atoms with E-state index in [9.17, 15) is 13.2 Å². The molecule has 0 aromatic heterocycles. The first-order valence-corrected chi connectivity index (χ1v) is 4.79. The number of alkyl halides is 3. The minimum Gasteiger partial charge on any atom is -0.166 e. The largest absolute Gasteiger partial charge is 0.416 e. The Morgan fingerprint density at radius 2 is 1.79 bits per heavy atom. The van der Waals surface area contributed by atoms with Gasteiger partial charge in [0, 0.05) is 0 Å². The van der Waals surface area contributed by atoms with Gasteiger partial charge in [-0.05, 0) is 25.7 Å². The van der Waals surface area contributed by atoms with Crippen LogP contribution in [0, 0.1) is 5.92 Å². The van der Waals surface area contributed by atoms with Crippen molar-refractivity contribution in [2.45, 2.75) is 39.8 Å². The molecule has 0 atom stereocenters. The highest BCUT2D eigenvalue weighted by Gasteiger charge is 2.35. The summed E-state index contributed by atoms with van der Waals surface area (Å²) in [6.07, 6.45) is -1.56. The molecule has 0 aromatic rings. The van der Waals surface area contributed by atoms with Gasteiger partial charge >= 0.3 is 6.18 Å². The summed E-state index contributed by atoms with van der Waals surface area (Å²) in [6, 6.07) is 0. The summed E-state index contributed by atoms with van der Waals surface area (Å²) in [5.41, 5.74) is 0.928. The zero-order valence-corrected chi connectivity index (χ0v) is 8.70. The molecule has 0 aliphatic heterocycles. The van der Waals surface area contributed by atoms with Crippen LogP contribution in [-0.4, -0.2) is 6.18 Å². The molecule has 0 aromatic carbocycles. The summed E-state index contributed by atoms with van der Waals surface area (Å²) < 4.78 is 37.6. The minimum absolute atomic E-state index is 0.209. The van der Waals surface area contributed by atoms with Crippen LogP contribution in [0.5, 0.6) is 0 Å². The van der Waals surface area contributed by atoms with Crippen molar-refractivity contribution in [3.63, 3.8) is 0 Å². The summed E-state index contributed by atoms with van der Waals surface area (Å²) in [5, 5.41) is 0. The number of hydrogen-bond donors (Lipinski definition) is 0.